The van der Waals surface area contributed by atoms with Gasteiger partial charge in [-0.1, -0.05) is 37.5 Å². The fourth-order valence-electron chi connectivity index (χ4n) is 5.03. The fraction of sp³-hybridized carbons (Fsp3) is 0.667. The standard InChI is InChI=1S/C24H37N5O2.HI/c1-25-24(26-17-20-9-5-6-10-22(20)28-13-15-31-16-14-28)27-21-11-12-29(18-21)23(30)19-7-3-2-4-8-19;/h5-6,9-10,19,21H,2-4,7-8,11-18H2,1H3,(H2,25,26,27);1H. The number of morpholine rings is 1. The van der Waals surface area contributed by atoms with Crippen molar-refractivity contribution in [3.63, 3.8) is 0 Å². The van der Waals surface area contributed by atoms with Crippen molar-refractivity contribution in [3.8, 4) is 0 Å². The minimum Gasteiger partial charge on any atom is -0.378 e. The topological polar surface area (TPSA) is 69.2 Å². The Hall–Kier alpha value is -1.55. The van der Waals surface area contributed by atoms with E-state index < -0.39 is 0 Å². The number of anilines is 1. The van der Waals surface area contributed by atoms with Crippen LogP contribution in [0.3, 0.4) is 0 Å². The van der Waals surface area contributed by atoms with Gasteiger partial charge in [0.15, 0.2) is 5.96 Å². The number of hydrogen-bond donors (Lipinski definition) is 2. The van der Waals surface area contributed by atoms with Gasteiger partial charge in [-0.25, -0.2) is 0 Å². The van der Waals surface area contributed by atoms with Gasteiger partial charge in [0.25, 0.3) is 0 Å². The molecular formula is C24H38IN5O2. The van der Waals surface area contributed by atoms with Crippen LogP contribution >= 0.6 is 24.0 Å². The number of nitrogens with zero attached hydrogens (tertiary/aromatic N) is 3. The molecule has 4 rings (SSSR count). The van der Waals surface area contributed by atoms with Gasteiger partial charge in [-0.05, 0) is 30.9 Å². The Labute approximate surface area is 209 Å². The second-order valence-corrected chi connectivity index (χ2v) is 8.90. The number of guanidine groups is 1. The zero-order valence-corrected chi connectivity index (χ0v) is 21.6. The maximum atomic E-state index is 12.8. The molecule has 1 aliphatic carbocycles. The number of hydrogen-bond acceptors (Lipinski definition) is 4. The van der Waals surface area contributed by atoms with Gasteiger partial charge in [0, 0.05) is 57.4 Å². The zero-order chi connectivity index (χ0) is 21.5. The molecule has 1 saturated carbocycles. The van der Waals surface area contributed by atoms with Gasteiger partial charge in [0.2, 0.25) is 5.91 Å². The van der Waals surface area contributed by atoms with E-state index in [4.69, 9.17) is 4.74 Å². The molecule has 0 spiro atoms. The van der Waals surface area contributed by atoms with Crippen molar-refractivity contribution >= 4 is 41.5 Å². The first kappa shape index (κ1) is 25.1. The molecule has 7 nitrogen and oxygen atoms in total. The first-order chi connectivity index (χ1) is 15.2. The monoisotopic (exact) mass is 555 g/mol. The quantitative estimate of drug-likeness (QED) is 0.332. The van der Waals surface area contributed by atoms with Crippen LogP contribution in [0.2, 0.25) is 0 Å². The van der Waals surface area contributed by atoms with Crippen molar-refractivity contribution in [2.75, 3.05) is 51.3 Å². The molecule has 178 valence electrons. The molecule has 2 N–H and O–H groups in total. The van der Waals surface area contributed by atoms with E-state index in [-0.39, 0.29) is 35.9 Å². The maximum Gasteiger partial charge on any atom is 0.225 e. The SMILES string of the molecule is CN=C(NCc1ccccc1N1CCOCC1)NC1CCN(C(=O)C2CCCCC2)C1.I. The van der Waals surface area contributed by atoms with Crippen molar-refractivity contribution in [2.24, 2.45) is 10.9 Å². The van der Waals surface area contributed by atoms with Crippen LogP contribution in [0.4, 0.5) is 5.69 Å². The third-order valence-corrected chi connectivity index (χ3v) is 6.81. The lowest BCUT2D eigenvalue weighted by Gasteiger charge is -2.30. The molecule has 1 aromatic carbocycles. The first-order valence-electron chi connectivity index (χ1n) is 11.9. The number of rotatable bonds is 5. The summed E-state index contributed by atoms with van der Waals surface area (Å²) in [5, 5.41) is 7.01. The minimum absolute atomic E-state index is 0. The largest absolute Gasteiger partial charge is 0.378 e. The summed E-state index contributed by atoms with van der Waals surface area (Å²) in [6.07, 6.45) is 6.80. The average Bonchev–Trinajstić information content (AvgIpc) is 3.31. The molecule has 2 aliphatic heterocycles. The highest BCUT2D eigenvalue weighted by Crippen LogP contribution is 2.27. The van der Waals surface area contributed by atoms with E-state index in [0.717, 1.165) is 64.6 Å². The first-order valence-corrected chi connectivity index (χ1v) is 11.9. The molecule has 8 heteroatoms. The Kier molecular flexibility index (Phi) is 9.90. The molecule has 0 aromatic heterocycles. The van der Waals surface area contributed by atoms with Crippen LogP contribution in [0.5, 0.6) is 0 Å². The normalized spacial score (nSPS) is 22.4. The molecule has 1 amide bonds. The van der Waals surface area contributed by atoms with Crippen molar-refractivity contribution in [3.05, 3.63) is 29.8 Å². The highest BCUT2D eigenvalue weighted by molar-refractivity contribution is 14.0. The molecule has 32 heavy (non-hydrogen) atoms. The second-order valence-electron chi connectivity index (χ2n) is 8.90. The van der Waals surface area contributed by atoms with Gasteiger partial charge >= 0.3 is 0 Å². The molecular weight excluding hydrogens is 517 g/mol. The maximum absolute atomic E-state index is 12.8. The zero-order valence-electron chi connectivity index (χ0n) is 19.2. The van der Waals surface area contributed by atoms with E-state index in [2.05, 4.69) is 49.7 Å². The summed E-state index contributed by atoms with van der Waals surface area (Å²) in [5.41, 5.74) is 2.52. The van der Waals surface area contributed by atoms with E-state index in [1.165, 1.54) is 30.5 Å². The van der Waals surface area contributed by atoms with E-state index in [0.29, 0.717) is 12.5 Å². The number of amides is 1. The van der Waals surface area contributed by atoms with E-state index in [1.54, 1.807) is 0 Å². The minimum atomic E-state index is 0. The van der Waals surface area contributed by atoms with E-state index in [1.807, 2.05) is 7.05 Å². The highest BCUT2D eigenvalue weighted by atomic mass is 127. The molecule has 3 aliphatic rings. The smallest absolute Gasteiger partial charge is 0.225 e. The van der Waals surface area contributed by atoms with E-state index in [9.17, 15) is 4.79 Å². The third-order valence-electron chi connectivity index (χ3n) is 6.81. The number of carbonyl (C=O) groups excluding carboxylic acids is 1. The highest BCUT2D eigenvalue weighted by Gasteiger charge is 2.31. The van der Waals surface area contributed by atoms with Crippen LogP contribution in [0.25, 0.3) is 0 Å². The van der Waals surface area contributed by atoms with Gasteiger partial charge in [-0.15, -0.1) is 24.0 Å². The summed E-state index contributed by atoms with van der Waals surface area (Å²) < 4.78 is 5.50. The molecule has 1 atom stereocenters. The summed E-state index contributed by atoms with van der Waals surface area (Å²) in [6, 6.07) is 8.80. The summed E-state index contributed by atoms with van der Waals surface area (Å²) >= 11 is 0. The van der Waals surface area contributed by atoms with Gasteiger partial charge in [0.05, 0.1) is 13.2 Å². The number of halogens is 1. The van der Waals surface area contributed by atoms with Gasteiger partial charge in [-0.3, -0.25) is 9.79 Å². The van der Waals surface area contributed by atoms with Crippen LogP contribution in [-0.2, 0) is 16.1 Å². The Balaban J connectivity index is 0.00000289. The Morgan fingerprint density at radius 3 is 2.59 bits per heavy atom. The molecule has 2 saturated heterocycles. The predicted octanol–water partition coefficient (Wildman–Crippen LogP) is 2.99. The van der Waals surface area contributed by atoms with Gasteiger partial charge < -0.3 is 25.2 Å². The molecule has 1 unspecified atom stereocenters. The fourth-order valence-corrected chi connectivity index (χ4v) is 5.03. The number of aliphatic imine (C=N–C) groups is 1. The lowest BCUT2D eigenvalue weighted by molar-refractivity contribution is -0.135. The van der Waals surface area contributed by atoms with Gasteiger partial charge in [-0.2, -0.15) is 0 Å². The molecule has 0 radical (unpaired) electrons. The summed E-state index contributed by atoms with van der Waals surface area (Å²) in [6.45, 7) is 5.76. The second kappa shape index (κ2) is 12.6. The Morgan fingerprint density at radius 2 is 1.84 bits per heavy atom. The number of nitrogens with one attached hydrogen (secondary N) is 2. The Bertz CT molecular complexity index is 763. The average molecular weight is 556 g/mol. The molecule has 2 heterocycles. The van der Waals surface area contributed by atoms with Crippen LogP contribution in [0.1, 0.15) is 44.1 Å². The number of likely N-dealkylation sites (tertiary alicyclic amines) is 1. The Morgan fingerprint density at radius 1 is 1.09 bits per heavy atom. The molecule has 1 aromatic rings. The molecule has 0 bridgehead atoms. The number of benzene rings is 1. The molecule has 3 fully saturated rings. The number of para-hydroxylation sites is 1. The van der Waals surface area contributed by atoms with Crippen molar-refractivity contribution < 1.29 is 9.53 Å². The summed E-state index contributed by atoms with van der Waals surface area (Å²) in [7, 11) is 1.81. The van der Waals surface area contributed by atoms with Crippen molar-refractivity contribution in [1.82, 2.24) is 15.5 Å². The predicted molar refractivity (Wildman–Crippen MR) is 140 cm³/mol. The van der Waals surface area contributed by atoms with Crippen molar-refractivity contribution in [2.45, 2.75) is 51.1 Å². The summed E-state index contributed by atoms with van der Waals surface area (Å²) in [5.74, 6) is 1.42. The van der Waals surface area contributed by atoms with Gasteiger partial charge in [0.1, 0.15) is 0 Å². The van der Waals surface area contributed by atoms with Crippen LogP contribution in [-0.4, -0.2) is 69.2 Å². The van der Waals surface area contributed by atoms with E-state index >= 15 is 0 Å². The van der Waals surface area contributed by atoms with Crippen molar-refractivity contribution in [1.29, 1.82) is 0 Å². The van der Waals surface area contributed by atoms with Crippen LogP contribution < -0.4 is 15.5 Å². The number of ether oxygens (including phenoxy) is 1. The third kappa shape index (κ3) is 6.50. The lowest BCUT2D eigenvalue weighted by Crippen LogP contribution is -2.45. The lowest BCUT2D eigenvalue weighted by atomic mass is 9.88. The van der Waals surface area contributed by atoms with Crippen LogP contribution in [0.15, 0.2) is 29.3 Å². The van der Waals surface area contributed by atoms with Crippen LogP contribution in [0, 0.1) is 5.92 Å². The number of carbonyl (C=O) groups is 1. The summed E-state index contributed by atoms with van der Waals surface area (Å²) in [4.78, 5) is 21.7.